The number of rotatable bonds is 5. The number of aromatic amines is 1. The zero-order chi connectivity index (χ0) is 15.5. The molecule has 0 aliphatic rings. The van der Waals surface area contributed by atoms with Crippen molar-refractivity contribution in [3.05, 3.63) is 46.9 Å². The predicted molar refractivity (Wildman–Crippen MR) is 84.4 cm³/mol. The van der Waals surface area contributed by atoms with E-state index in [9.17, 15) is 4.79 Å². The van der Waals surface area contributed by atoms with Crippen molar-refractivity contribution in [3.8, 4) is 5.69 Å². The maximum atomic E-state index is 12.1. The number of ether oxygens (including phenoxy) is 1. The Morgan fingerprint density at radius 2 is 2.14 bits per heavy atom. The van der Waals surface area contributed by atoms with Crippen LogP contribution < -0.4 is 10.9 Å². The van der Waals surface area contributed by atoms with Gasteiger partial charge in [-0.25, -0.2) is 4.68 Å². The number of para-hydroxylation sites is 1. The summed E-state index contributed by atoms with van der Waals surface area (Å²) in [7, 11) is 1.64. The van der Waals surface area contributed by atoms with Crippen molar-refractivity contribution < 1.29 is 4.74 Å². The van der Waals surface area contributed by atoms with Gasteiger partial charge in [-0.05, 0) is 19.1 Å². The van der Waals surface area contributed by atoms with Crippen LogP contribution in [0.5, 0.6) is 0 Å². The maximum absolute atomic E-state index is 12.1. The zero-order valence-electron chi connectivity index (χ0n) is 12.4. The molecule has 7 nitrogen and oxygen atoms in total. The molecule has 0 saturated carbocycles. The Morgan fingerprint density at radius 1 is 1.36 bits per heavy atom. The van der Waals surface area contributed by atoms with Crippen molar-refractivity contribution in [1.29, 1.82) is 0 Å². The fourth-order valence-corrected chi connectivity index (χ4v) is 2.08. The molecule has 7 heteroatoms. The monoisotopic (exact) mass is 299 g/mol. The van der Waals surface area contributed by atoms with Crippen molar-refractivity contribution in [2.45, 2.75) is 13.0 Å². The van der Waals surface area contributed by atoms with Gasteiger partial charge in [0.05, 0.1) is 18.0 Å². The van der Waals surface area contributed by atoms with Gasteiger partial charge in [-0.15, -0.1) is 0 Å². The van der Waals surface area contributed by atoms with Crippen molar-refractivity contribution in [2.24, 2.45) is 0 Å². The fourth-order valence-electron chi connectivity index (χ4n) is 2.08. The molecule has 2 aromatic heterocycles. The second-order valence-corrected chi connectivity index (χ2v) is 4.97. The SMILES string of the molecule is COC(C)CNc1nc2c(cnn2-c2ccccc2)c(=O)[nH]1. The van der Waals surface area contributed by atoms with Crippen LogP contribution in [-0.2, 0) is 4.74 Å². The van der Waals surface area contributed by atoms with Gasteiger partial charge in [0.25, 0.3) is 5.56 Å². The van der Waals surface area contributed by atoms with Crippen LogP contribution in [0.1, 0.15) is 6.92 Å². The summed E-state index contributed by atoms with van der Waals surface area (Å²) in [5, 5.41) is 7.78. The number of nitrogens with one attached hydrogen (secondary N) is 2. The molecule has 22 heavy (non-hydrogen) atoms. The molecule has 2 heterocycles. The molecule has 0 spiro atoms. The first-order chi connectivity index (χ1) is 10.7. The molecule has 1 aromatic carbocycles. The van der Waals surface area contributed by atoms with Gasteiger partial charge in [0.1, 0.15) is 5.39 Å². The molecule has 3 aromatic rings. The van der Waals surface area contributed by atoms with Gasteiger partial charge in [-0.2, -0.15) is 10.1 Å². The van der Waals surface area contributed by atoms with E-state index in [0.29, 0.717) is 23.5 Å². The summed E-state index contributed by atoms with van der Waals surface area (Å²) in [6.07, 6.45) is 1.54. The third-order valence-corrected chi connectivity index (χ3v) is 3.40. The van der Waals surface area contributed by atoms with E-state index in [4.69, 9.17) is 4.74 Å². The Labute approximate surface area is 127 Å². The molecule has 0 fully saturated rings. The minimum Gasteiger partial charge on any atom is -0.380 e. The molecule has 0 aliphatic carbocycles. The van der Waals surface area contributed by atoms with Crippen molar-refractivity contribution >= 4 is 17.0 Å². The lowest BCUT2D eigenvalue weighted by atomic mass is 10.3. The number of nitrogens with zero attached hydrogens (tertiary/aromatic N) is 3. The topological polar surface area (TPSA) is 84.8 Å². The van der Waals surface area contributed by atoms with Crippen LogP contribution in [0.25, 0.3) is 16.7 Å². The first kappa shape index (κ1) is 14.3. The lowest BCUT2D eigenvalue weighted by Crippen LogP contribution is -2.21. The number of hydrogen-bond acceptors (Lipinski definition) is 5. The Bertz CT molecular complexity index is 825. The number of fused-ring (bicyclic) bond motifs is 1. The van der Waals surface area contributed by atoms with Crippen LogP contribution in [0.4, 0.5) is 5.95 Å². The molecule has 0 aliphatic heterocycles. The lowest BCUT2D eigenvalue weighted by molar-refractivity contribution is 0.128. The average Bonchev–Trinajstić information content (AvgIpc) is 2.98. The average molecular weight is 299 g/mol. The molecular weight excluding hydrogens is 282 g/mol. The fraction of sp³-hybridized carbons (Fsp3) is 0.267. The van der Waals surface area contributed by atoms with E-state index >= 15 is 0 Å². The number of hydrogen-bond donors (Lipinski definition) is 2. The summed E-state index contributed by atoms with van der Waals surface area (Å²) in [4.78, 5) is 19.3. The van der Waals surface area contributed by atoms with Gasteiger partial charge in [0.15, 0.2) is 5.65 Å². The molecule has 1 atom stereocenters. The molecule has 3 rings (SSSR count). The van der Waals surface area contributed by atoms with Crippen molar-refractivity contribution in [2.75, 3.05) is 19.0 Å². The van der Waals surface area contributed by atoms with E-state index in [-0.39, 0.29) is 11.7 Å². The predicted octanol–water partition coefficient (Wildman–Crippen LogP) is 1.56. The van der Waals surface area contributed by atoms with Crippen LogP contribution in [-0.4, -0.2) is 39.5 Å². The van der Waals surface area contributed by atoms with E-state index < -0.39 is 0 Å². The Hall–Kier alpha value is -2.67. The maximum Gasteiger partial charge on any atom is 0.263 e. The Balaban J connectivity index is 2.02. The number of anilines is 1. The minimum atomic E-state index is -0.222. The first-order valence-corrected chi connectivity index (χ1v) is 6.99. The Morgan fingerprint density at radius 3 is 2.86 bits per heavy atom. The van der Waals surface area contributed by atoms with E-state index in [1.165, 1.54) is 6.20 Å². The van der Waals surface area contributed by atoms with E-state index in [0.717, 1.165) is 5.69 Å². The molecule has 1 unspecified atom stereocenters. The highest BCUT2D eigenvalue weighted by atomic mass is 16.5. The van der Waals surface area contributed by atoms with Gasteiger partial charge in [0, 0.05) is 13.7 Å². The summed E-state index contributed by atoms with van der Waals surface area (Å²) >= 11 is 0. The molecule has 0 bridgehead atoms. The third kappa shape index (κ3) is 2.71. The second-order valence-electron chi connectivity index (χ2n) is 4.97. The minimum absolute atomic E-state index is 0.0139. The molecule has 114 valence electrons. The number of H-pyrrole nitrogens is 1. The van der Waals surface area contributed by atoms with Gasteiger partial charge >= 0.3 is 0 Å². The zero-order valence-corrected chi connectivity index (χ0v) is 12.4. The summed E-state index contributed by atoms with van der Waals surface area (Å²) < 4.78 is 6.82. The summed E-state index contributed by atoms with van der Waals surface area (Å²) in [5.41, 5.74) is 1.15. The molecule has 0 saturated heterocycles. The van der Waals surface area contributed by atoms with Crippen LogP contribution in [0.3, 0.4) is 0 Å². The number of benzene rings is 1. The van der Waals surface area contributed by atoms with Crippen LogP contribution in [0.2, 0.25) is 0 Å². The highest BCUT2D eigenvalue weighted by molar-refractivity contribution is 5.76. The highest BCUT2D eigenvalue weighted by Gasteiger charge is 2.11. The summed E-state index contributed by atoms with van der Waals surface area (Å²) in [6.45, 7) is 2.47. The van der Waals surface area contributed by atoms with Crippen LogP contribution >= 0.6 is 0 Å². The number of methoxy groups -OCH3 is 1. The molecular formula is C15H17N5O2. The van der Waals surface area contributed by atoms with Crippen molar-refractivity contribution in [3.63, 3.8) is 0 Å². The second kappa shape index (κ2) is 5.98. The summed E-state index contributed by atoms with van der Waals surface area (Å²) in [6, 6.07) is 9.57. The quantitative estimate of drug-likeness (QED) is 0.747. The van der Waals surface area contributed by atoms with Crippen LogP contribution in [0, 0.1) is 0 Å². The molecule has 0 radical (unpaired) electrons. The molecule has 2 N–H and O–H groups in total. The lowest BCUT2D eigenvalue weighted by Gasteiger charge is -2.11. The smallest absolute Gasteiger partial charge is 0.263 e. The number of aromatic nitrogens is 4. The van der Waals surface area contributed by atoms with Crippen LogP contribution in [0.15, 0.2) is 41.3 Å². The third-order valence-electron chi connectivity index (χ3n) is 3.40. The van der Waals surface area contributed by atoms with Gasteiger partial charge < -0.3 is 10.1 Å². The Kier molecular flexibility index (Phi) is 3.88. The van der Waals surface area contributed by atoms with Crippen molar-refractivity contribution in [1.82, 2.24) is 19.7 Å². The normalized spacial score (nSPS) is 12.5. The summed E-state index contributed by atoms with van der Waals surface area (Å²) in [5.74, 6) is 0.402. The molecule has 0 amide bonds. The van der Waals surface area contributed by atoms with E-state index in [2.05, 4.69) is 20.4 Å². The largest absolute Gasteiger partial charge is 0.380 e. The first-order valence-electron chi connectivity index (χ1n) is 6.99. The van der Waals surface area contributed by atoms with Gasteiger partial charge in [0.2, 0.25) is 5.95 Å². The van der Waals surface area contributed by atoms with E-state index in [1.54, 1.807) is 11.8 Å². The van der Waals surface area contributed by atoms with Gasteiger partial charge in [-0.3, -0.25) is 9.78 Å². The van der Waals surface area contributed by atoms with Gasteiger partial charge in [-0.1, -0.05) is 18.2 Å². The van der Waals surface area contributed by atoms with E-state index in [1.807, 2.05) is 37.3 Å². The highest BCUT2D eigenvalue weighted by Crippen LogP contribution is 2.14. The standard InChI is InChI=1S/C15H17N5O2/c1-10(22-2)8-16-15-18-13-12(14(21)19-15)9-17-20(13)11-6-4-3-5-7-11/h3-7,9-10H,8H2,1-2H3,(H2,16,18,19,21).